The monoisotopic (exact) mass is 334 g/mol. The maximum Gasteiger partial charge on any atom is 0.255 e. The third kappa shape index (κ3) is 3.62. The average Bonchev–Trinajstić information content (AvgIpc) is 2.97. The molecular weight excluding hydrogens is 319 g/mol. The van der Waals surface area contributed by atoms with Crippen LogP contribution in [0.2, 0.25) is 5.02 Å². The predicted octanol–water partition coefficient (Wildman–Crippen LogP) is 3.48. The zero-order chi connectivity index (χ0) is 16.4. The maximum absolute atomic E-state index is 13.1. The van der Waals surface area contributed by atoms with E-state index >= 15 is 0 Å². The number of amides is 1. The molecule has 0 radical (unpaired) electrons. The Labute approximate surface area is 138 Å². The summed E-state index contributed by atoms with van der Waals surface area (Å²) in [6.45, 7) is 2.99. The highest BCUT2D eigenvalue weighted by Gasteiger charge is 2.29. The smallest absolute Gasteiger partial charge is 0.255 e. The number of ether oxygens (including phenoxy) is 1. The van der Waals surface area contributed by atoms with Crippen molar-refractivity contribution in [1.29, 1.82) is 0 Å². The van der Waals surface area contributed by atoms with Gasteiger partial charge in [-0.15, -0.1) is 0 Å². The molecule has 1 fully saturated rings. The summed E-state index contributed by atoms with van der Waals surface area (Å²) in [6.07, 6.45) is 2.36. The second-order valence-corrected chi connectivity index (χ2v) is 5.98. The Balaban J connectivity index is 1.65. The van der Waals surface area contributed by atoms with Gasteiger partial charge in [-0.2, -0.15) is 0 Å². The fraction of sp³-hybridized carbons (Fsp3) is 0.294. The molecule has 2 aromatic rings. The van der Waals surface area contributed by atoms with Gasteiger partial charge in [0.05, 0.1) is 17.1 Å². The van der Waals surface area contributed by atoms with E-state index in [1.165, 1.54) is 12.1 Å². The van der Waals surface area contributed by atoms with Crippen LogP contribution in [0, 0.1) is 12.7 Å². The molecule has 0 saturated carbocycles. The van der Waals surface area contributed by atoms with Gasteiger partial charge >= 0.3 is 0 Å². The zero-order valence-corrected chi connectivity index (χ0v) is 13.4. The van der Waals surface area contributed by atoms with E-state index in [-0.39, 0.29) is 17.0 Å². The van der Waals surface area contributed by atoms with Crippen LogP contribution in [0.3, 0.4) is 0 Å². The number of halogens is 2. The van der Waals surface area contributed by atoms with Gasteiger partial charge in [-0.25, -0.2) is 9.37 Å². The van der Waals surface area contributed by atoms with Gasteiger partial charge in [0, 0.05) is 25.2 Å². The predicted molar refractivity (Wildman–Crippen MR) is 85.3 cm³/mol. The highest BCUT2D eigenvalue weighted by molar-refractivity contribution is 6.33. The first-order chi connectivity index (χ1) is 11.0. The molecule has 3 rings (SSSR count). The molecular formula is C17H16ClFN2O2. The van der Waals surface area contributed by atoms with Crippen LogP contribution in [0.25, 0.3) is 0 Å². The van der Waals surface area contributed by atoms with Gasteiger partial charge in [0.15, 0.2) is 0 Å². The van der Waals surface area contributed by atoms with Crippen molar-refractivity contribution in [3.05, 3.63) is 58.5 Å². The van der Waals surface area contributed by atoms with Crippen LogP contribution >= 0.6 is 11.6 Å². The van der Waals surface area contributed by atoms with E-state index in [1.54, 1.807) is 11.1 Å². The van der Waals surface area contributed by atoms with Gasteiger partial charge in [-0.05, 0) is 30.7 Å². The topological polar surface area (TPSA) is 42.4 Å². The highest BCUT2D eigenvalue weighted by Crippen LogP contribution is 2.23. The number of pyridine rings is 1. The van der Waals surface area contributed by atoms with Crippen LogP contribution in [-0.2, 0) is 0 Å². The molecule has 120 valence electrons. The van der Waals surface area contributed by atoms with E-state index in [4.69, 9.17) is 16.3 Å². The molecule has 1 atom stereocenters. The number of nitrogens with zero attached hydrogens (tertiary/aromatic N) is 2. The van der Waals surface area contributed by atoms with E-state index in [2.05, 4.69) is 4.98 Å². The van der Waals surface area contributed by atoms with E-state index in [0.717, 1.165) is 18.1 Å². The van der Waals surface area contributed by atoms with Gasteiger partial charge in [0.25, 0.3) is 5.91 Å². The standard InChI is InChI=1S/C17H16ClFN2O2/c1-11-2-5-16(20-9-11)23-13-6-7-21(10-13)17(22)14-4-3-12(19)8-15(14)18/h2-5,8-9,13H,6-7,10H2,1H3. The van der Waals surface area contributed by atoms with Crippen LogP contribution in [0.5, 0.6) is 5.88 Å². The number of hydrogen-bond acceptors (Lipinski definition) is 3. The lowest BCUT2D eigenvalue weighted by molar-refractivity contribution is 0.0771. The lowest BCUT2D eigenvalue weighted by atomic mass is 10.2. The number of carbonyl (C=O) groups excluding carboxylic acids is 1. The zero-order valence-electron chi connectivity index (χ0n) is 12.6. The summed E-state index contributed by atoms with van der Waals surface area (Å²) in [5.74, 6) is -0.118. The molecule has 1 aliphatic heterocycles. The van der Waals surface area contributed by atoms with Gasteiger partial charge in [0.1, 0.15) is 11.9 Å². The van der Waals surface area contributed by atoms with Crippen molar-refractivity contribution < 1.29 is 13.9 Å². The lowest BCUT2D eigenvalue weighted by Crippen LogP contribution is -2.31. The summed E-state index contributed by atoms with van der Waals surface area (Å²) in [6, 6.07) is 7.54. The molecule has 1 saturated heterocycles. The minimum Gasteiger partial charge on any atom is -0.472 e. The molecule has 6 heteroatoms. The third-order valence-electron chi connectivity index (χ3n) is 3.77. The Hall–Kier alpha value is -2.14. The molecule has 0 bridgehead atoms. The molecule has 0 aliphatic carbocycles. The van der Waals surface area contributed by atoms with Crippen molar-refractivity contribution >= 4 is 17.5 Å². The molecule has 1 aromatic carbocycles. The molecule has 1 aromatic heterocycles. The molecule has 0 N–H and O–H groups in total. The number of benzene rings is 1. The van der Waals surface area contributed by atoms with Crippen molar-refractivity contribution in [1.82, 2.24) is 9.88 Å². The Bertz CT molecular complexity index is 721. The number of aromatic nitrogens is 1. The molecule has 1 unspecified atom stereocenters. The van der Waals surface area contributed by atoms with Crippen molar-refractivity contribution in [2.75, 3.05) is 13.1 Å². The van der Waals surface area contributed by atoms with Crippen LogP contribution in [0.1, 0.15) is 22.3 Å². The molecule has 0 spiro atoms. The minimum atomic E-state index is -0.459. The summed E-state index contributed by atoms with van der Waals surface area (Å²) in [5.41, 5.74) is 1.37. The summed E-state index contributed by atoms with van der Waals surface area (Å²) in [5, 5.41) is 0.125. The van der Waals surface area contributed by atoms with Gasteiger partial charge in [0.2, 0.25) is 5.88 Å². The third-order valence-corrected chi connectivity index (χ3v) is 4.08. The Kier molecular flexibility index (Phi) is 4.48. The summed E-state index contributed by atoms with van der Waals surface area (Å²) in [4.78, 5) is 18.3. The molecule has 1 aliphatic rings. The number of carbonyl (C=O) groups is 1. The largest absolute Gasteiger partial charge is 0.472 e. The normalized spacial score (nSPS) is 17.3. The van der Waals surface area contributed by atoms with Crippen molar-refractivity contribution in [2.24, 2.45) is 0 Å². The second-order valence-electron chi connectivity index (χ2n) is 5.58. The highest BCUT2D eigenvalue weighted by atomic mass is 35.5. The van der Waals surface area contributed by atoms with Crippen LogP contribution in [0.4, 0.5) is 4.39 Å². The maximum atomic E-state index is 13.1. The van der Waals surface area contributed by atoms with E-state index in [1.807, 2.05) is 19.1 Å². The summed E-state index contributed by atoms with van der Waals surface area (Å²) < 4.78 is 18.9. The molecule has 2 heterocycles. The fourth-order valence-electron chi connectivity index (χ4n) is 2.54. The quantitative estimate of drug-likeness (QED) is 0.863. The number of aryl methyl sites for hydroxylation is 1. The van der Waals surface area contributed by atoms with Gasteiger partial charge in [-0.1, -0.05) is 17.7 Å². The summed E-state index contributed by atoms with van der Waals surface area (Å²) >= 11 is 5.96. The number of rotatable bonds is 3. The van der Waals surface area contributed by atoms with Crippen molar-refractivity contribution in [3.63, 3.8) is 0 Å². The van der Waals surface area contributed by atoms with Crippen molar-refractivity contribution in [3.8, 4) is 5.88 Å². The van der Waals surface area contributed by atoms with E-state index < -0.39 is 5.82 Å². The minimum absolute atomic E-state index is 0.103. The summed E-state index contributed by atoms with van der Waals surface area (Å²) in [7, 11) is 0. The van der Waals surface area contributed by atoms with Gasteiger partial charge in [-0.3, -0.25) is 4.79 Å². The average molecular weight is 335 g/mol. The van der Waals surface area contributed by atoms with E-state index in [0.29, 0.717) is 24.5 Å². The fourth-order valence-corrected chi connectivity index (χ4v) is 2.78. The van der Waals surface area contributed by atoms with Crippen LogP contribution in [0.15, 0.2) is 36.5 Å². The van der Waals surface area contributed by atoms with E-state index in [9.17, 15) is 9.18 Å². The van der Waals surface area contributed by atoms with Crippen LogP contribution in [-0.4, -0.2) is 35.0 Å². The number of hydrogen-bond donors (Lipinski definition) is 0. The Morgan fingerprint density at radius 2 is 2.22 bits per heavy atom. The second kappa shape index (κ2) is 6.54. The molecule has 23 heavy (non-hydrogen) atoms. The van der Waals surface area contributed by atoms with Crippen LogP contribution < -0.4 is 4.74 Å². The SMILES string of the molecule is Cc1ccc(OC2CCN(C(=O)c3ccc(F)cc3Cl)C2)nc1. The van der Waals surface area contributed by atoms with Gasteiger partial charge < -0.3 is 9.64 Å². The first-order valence-electron chi connectivity index (χ1n) is 7.36. The first-order valence-corrected chi connectivity index (χ1v) is 7.74. The lowest BCUT2D eigenvalue weighted by Gasteiger charge is -2.17. The molecule has 4 nitrogen and oxygen atoms in total. The molecule has 1 amide bonds. The van der Waals surface area contributed by atoms with Crippen molar-refractivity contribution in [2.45, 2.75) is 19.4 Å². The number of likely N-dealkylation sites (tertiary alicyclic amines) is 1. The first kappa shape index (κ1) is 15.7. The Morgan fingerprint density at radius 1 is 1.39 bits per heavy atom. The Morgan fingerprint density at radius 3 is 2.91 bits per heavy atom.